The molecule has 7 nitrogen and oxygen atoms in total. The molecule has 0 aliphatic carbocycles. The normalized spacial score (nSPS) is 16.7. The fraction of sp³-hybridized carbons (Fsp3) is 0.267. The van der Waals surface area contributed by atoms with Crippen LogP contribution in [0.4, 0.5) is 0 Å². The fourth-order valence-corrected chi connectivity index (χ4v) is 4.41. The van der Waals surface area contributed by atoms with E-state index >= 15 is 0 Å². The van der Waals surface area contributed by atoms with Gasteiger partial charge in [0.15, 0.2) is 0 Å². The molecule has 1 fully saturated rings. The highest BCUT2D eigenvalue weighted by Gasteiger charge is 2.45. The van der Waals surface area contributed by atoms with Gasteiger partial charge in [-0.1, -0.05) is 42.5 Å². The maximum absolute atomic E-state index is 13.2. The summed E-state index contributed by atoms with van der Waals surface area (Å²) in [6.07, 6.45) is 0. The number of hydrogen-bond donors (Lipinski definition) is 1. The van der Waals surface area contributed by atoms with Crippen LogP contribution in [0.1, 0.15) is 35.2 Å². The van der Waals surface area contributed by atoms with Gasteiger partial charge in [-0.3, -0.25) is 9.59 Å². The van der Waals surface area contributed by atoms with Crippen LogP contribution in [0, 0.1) is 6.92 Å². The number of ether oxygens (including phenoxy) is 3. The molecule has 37 heavy (non-hydrogen) atoms. The Kier molecular flexibility index (Phi) is 8.25. The summed E-state index contributed by atoms with van der Waals surface area (Å²) in [5.41, 5.74) is 3.01. The van der Waals surface area contributed by atoms with Gasteiger partial charge >= 0.3 is 0 Å². The highest BCUT2D eigenvalue weighted by atomic mass is 16.5. The first-order valence-electron chi connectivity index (χ1n) is 12.2. The van der Waals surface area contributed by atoms with Crippen LogP contribution >= 0.6 is 0 Å². The Labute approximate surface area is 216 Å². The summed E-state index contributed by atoms with van der Waals surface area (Å²) in [5.74, 6) is -0.271. The summed E-state index contributed by atoms with van der Waals surface area (Å²) in [4.78, 5) is 27.6. The van der Waals surface area contributed by atoms with Gasteiger partial charge in [-0.05, 0) is 60.9 Å². The van der Waals surface area contributed by atoms with Crippen LogP contribution < -0.4 is 9.47 Å². The first-order chi connectivity index (χ1) is 17.9. The van der Waals surface area contributed by atoms with Gasteiger partial charge in [0.2, 0.25) is 0 Å². The zero-order valence-electron chi connectivity index (χ0n) is 21.3. The van der Waals surface area contributed by atoms with Crippen molar-refractivity contribution >= 4 is 17.4 Å². The van der Waals surface area contributed by atoms with E-state index in [-0.39, 0.29) is 24.5 Å². The van der Waals surface area contributed by atoms with E-state index in [0.29, 0.717) is 35.8 Å². The number of ketones is 1. The van der Waals surface area contributed by atoms with Gasteiger partial charge < -0.3 is 24.2 Å². The lowest BCUT2D eigenvalue weighted by Gasteiger charge is -2.25. The highest BCUT2D eigenvalue weighted by Crippen LogP contribution is 2.40. The number of rotatable bonds is 10. The van der Waals surface area contributed by atoms with E-state index in [0.717, 1.165) is 11.1 Å². The minimum absolute atomic E-state index is 0.0441. The third-order valence-corrected chi connectivity index (χ3v) is 6.27. The number of aliphatic hydroxyl groups is 1. The van der Waals surface area contributed by atoms with Crippen LogP contribution in [0.2, 0.25) is 0 Å². The summed E-state index contributed by atoms with van der Waals surface area (Å²) >= 11 is 0. The standard InChI is InChI=1S/C30H31NO6/c1-4-36-24-13-10-22(11-14-24)27-26(29(33)30(34)31(27)16-17-35-3)28(32)23-12-15-25(20(2)18-23)37-19-21-8-6-5-7-9-21/h5-15,18,27,32H,4,16-17,19H2,1-3H3/b28-26-. The Morgan fingerprint density at radius 2 is 1.70 bits per heavy atom. The molecule has 1 N–H and O–H groups in total. The quantitative estimate of drug-likeness (QED) is 0.238. The van der Waals surface area contributed by atoms with Crippen molar-refractivity contribution in [3.05, 3.63) is 101 Å². The van der Waals surface area contributed by atoms with Gasteiger partial charge in [-0.2, -0.15) is 0 Å². The number of aryl methyl sites for hydroxylation is 1. The molecule has 0 radical (unpaired) electrons. The van der Waals surface area contributed by atoms with Crippen molar-refractivity contribution in [2.24, 2.45) is 0 Å². The molecule has 3 aromatic rings. The molecular weight excluding hydrogens is 470 g/mol. The van der Waals surface area contributed by atoms with E-state index in [4.69, 9.17) is 14.2 Å². The monoisotopic (exact) mass is 501 g/mol. The molecule has 1 unspecified atom stereocenters. The number of methoxy groups -OCH3 is 1. The molecule has 1 heterocycles. The van der Waals surface area contributed by atoms with Crippen LogP contribution in [0.15, 0.2) is 78.4 Å². The number of carbonyl (C=O) groups is 2. The average Bonchev–Trinajstić information content (AvgIpc) is 3.17. The van der Waals surface area contributed by atoms with E-state index in [1.165, 1.54) is 12.0 Å². The zero-order valence-corrected chi connectivity index (χ0v) is 21.3. The summed E-state index contributed by atoms with van der Waals surface area (Å²) in [6.45, 7) is 5.17. The number of aliphatic hydroxyl groups excluding tert-OH is 1. The Morgan fingerprint density at radius 1 is 0.973 bits per heavy atom. The molecule has 1 aliphatic rings. The molecule has 1 aliphatic heterocycles. The molecule has 0 spiro atoms. The minimum atomic E-state index is -0.750. The molecule has 1 saturated heterocycles. The third-order valence-electron chi connectivity index (χ3n) is 6.27. The second kappa shape index (κ2) is 11.8. The van der Waals surface area contributed by atoms with Crippen LogP contribution in [0.25, 0.3) is 5.76 Å². The smallest absolute Gasteiger partial charge is 0.295 e. The van der Waals surface area contributed by atoms with E-state index in [1.807, 2.05) is 44.2 Å². The van der Waals surface area contributed by atoms with Crippen LogP contribution in [-0.2, 0) is 20.9 Å². The number of hydrogen-bond acceptors (Lipinski definition) is 6. The van der Waals surface area contributed by atoms with Gasteiger partial charge in [0, 0.05) is 19.2 Å². The van der Waals surface area contributed by atoms with E-state index < -0.39 is 17.7 Å². The van der Waals surface area contributed by atoms with Crippen molar-refractivity contribution in [3.8, 4) is 11.5 Å². The summed E-state index contributed by atoms with van der Waals surface area (Å²) in [5, 5.41) is 11.3. The van der Waals surface area contributed by atoms with Crippen LogP contribution in [-0.4, -0.2) is 48.6 Å². The zero-order chi connectivity index (χ0) is 26.4. The lowest BCUT2D eigenvalue weighted by molar-refractivity contribution is -0.140. The van der Waals surface area contributed by atoms with Gasteiger partial charge in [0.1, 0.15) is 23.9 Å². The van der Waals surface area contributed by atoms with Gasteiger partial charge in [-0.15, -0.1) is 0 Å². The third kappa shape index (κ3) is 5.67. The topological polar surface area (TPSA) is 85.3 Å². The lowest BCUT2D eigenvalue weighted by atomic mass is 9.94. The Bertz CT molecular complexity index is 1280. The predicted octanol–water partition coefficient (Wildman–Crippen LogP) is 5.04. The first-order valence-corrected chi connectivity index (χ1v) is 12.2. The Hall–Kier alpha value is -4.10. The van der Waals surface area contributed by atoms with E-state index in [1.54, 1.807) is 42.5 Å². The molecule has 3 aromatic carbocycles. The molecule has 4 rings (SSSR count). The largest absolute Gasteiger partial charge is 0.507 e. The van der Waals surface area contributed by atoms with Crippen molar-refractivity contribution in [3.63, 3.8) is 0 Å². The molecule has 7 heteroatoms. The number of likely N-dealkylation sites (tertiary alicyclic amines) is 1. The highest BCUT2D eigenvalue weighted by molar-refractivity contribution is 6.46. The number of benzene rings is 3. The molecular formula is C30H31NO6. The van der Waals surface area contributed by atoms with E-state index in [2.05, 4.69) is 0 Å². The van der Waals surface area contributed by atoms with Crippen LogP contribution in [0.5, 0.6) is 11.5 Å². The first kappa shape index (κ1) is 26.0. The summed E-state index contributed by atoms with van der Waals surface area (Å²) in [7, 11) is 1.53. The number of Topliss-reactive ketones (excluding diaryl/α,β-unsaturated/α-hetero) is 1. The molecule has 0 aromatic heterocycles. The van der Waals surface area contributed by atoms with Gasteiger partial charge in [0.05, 0.1) is 24.8 Å². The molecule has 1 amide bonds. The van der Waals surface area contributed by atoms with Gasteiger partial charge in [0.25, 0.3) is 11.7 Å². The van der Waals surface area contributed by atoms with Crippen molar-refractivity contribution in [2.75, 3.05) is 26.9 Å². The van der Waals surface area contributed by atoms with Gasteiger partial charge in [-0.25, -0.2) is 0 Å². The second-order valence-electron chi connectivity index (χ2n) is 8.74. The van der Waals surface area contributed by atoms with Crippen molar-refractivity contribution in [1.29, 1.82) is 0 Å². The minimum Gasteiger partial charge on any atom is -0.507 e. The molecule has 192 valence electrons. The van der Waals surface area contributed by atoms with Crippen molar-refractivity contribution < 1.29 is 28.9 Å². The number of amides is 1. The lowest BCUT2D eigenvalue weighted by Crippen LogP contribution is -2.32. The number of carbonyl (C=O) groups excluding carboxylic acids is 2. The fourth-order valence-electron chi connectivity index (χ4n) is 4.41. The van der Waals surface area contributed by atoms with Crippen LogP contribution in [0.3, 0.4) is 0 Å². The van der Waals surface area contributed by atoms with Crippen molar-refractivity contribution in [1.82, 2.24) is 4.90 Å². The summed E-state index contributed by atoms with van der Waals surface area (Å²) in [6, 6.07) is 21.5. The predicted molar refractivity (Wildman–Crippen MR) is 140 cm³/mol. The second-order valence-corrected chi connectivity index (χ2v) is 8.74. The molecule has 0 bridgehead atoms. The maximum Gasteiger partial charge on any atom is 0.295 e. The Morgan fingerprint density at radius 3 is 2.35 bits per heavy atom. The molecule has 1 atom stereocenters. The van der Waals surface area contributed by atoms with E-state index in [9.17, 15) is 14.7 Å². The Balaban J connectivity index is 1.68. The SMILES string of the molecule is CCOc1ccc(C2/C(=C(/O)c3ccc(OCc4ccccc4)c(C)c3)C(=O)C(=O)N2CCOC)cc1. The maximum atomic E-state index is 13.2. The van der Waals surface area contributed by atoms with Crippen molar-refractivity contribution in [2.45, 2.75) is 26.5 Å². The molecule has 0 saturated carbocycles. The summed E-state index contributed by atoms with van der Waals surface area (Å²) < 4.78 is 16.7. The number of nitrogens with zero attached hydrogens (tertiary/aromatic N) is 1. The average molecular weight is 502 g/mol.